The molecule has 2 heterocycles. The first-order chi connectivity index (χ1) is 14.7. The van der Waals surface area contributed by atoms with Crippen molar-refractivity contribution < 1.29 is 4.79 Å². The summed E-state index contributed by atoms with van der Waals surface area (Å²) in [6.45, 7) is 4.06. The fourth-order valence-electron chi connectivity index (χ4n) is 6.28. The van der Waals surface area contributed by atoms with Crippen molar-refractivity contribution in [3.8, 4) is 0 Å². The lowest BCUT2D eigenvalue weighted by molar-refractivity contribution is -0.134. The van der Waals surface area contributed by atoms with Gasteiger partial charge in [0.15, 0.2) is 0 Å². The molecule has 3 aliphatic rings. The second kappa shape index (κ2) is 8.55. The van der Waals surface area contributed by atoms with Gasteiger partial charge in [0.2, 0.25) is 5.91 Å². The molecule has 5 rings (SSSR count). The molecular formula is C27H34N2O. The molecule has 3 heteroatoms. The highest BCUT2D eigenvalue weighted by molar-refractivity contribution is 5.76. The third-order valence-corrected chi connectivity index (χ3v) is 7.74. The molecule has 2 aromatic rings. The van der Waals surface area contributed by atoms with E-state index in [9.17, 15) is 4.79 Å². The van der Waals surface area contributed by atoms with Gasteiger partial charge in [-0.25, -0.2) is 0 Å². The summed E-state index contributed by atoms with van der Waals surface area (Å²) >= 11 is 0. The first-order valence-corrected chi connectivity index (χ1v) is 11.9. The van der Waals surface area contributed by atoms with E-state index in [1.807, 2.05) is 6.92 Å². The summed E-state index contributed by atoms with van der Waals surface area (Å²) in [5.41, 5.74) is 4.31. The van der Waals surface area contributed by atoms with Crippen LogP contribution in [0.3, 0.4) is 0 Å². The smallest absolute Gasteiger partial charge is 0.222 e. The van der Waals surface area contributed by atoms with Crippen LogP contribution in [0.15, 0.2) is 54.6 Å². The fourth-order valence-corrected chi connectivity index (χ4v) is 6.28. The number of carbonyl (C=O) groups is 1. The van der Waals surface area contributed by atoms with E-state index in [0.717, 1.165) is 25.9 Å². The maximum atomic E-state index is 12.9. The summed E-state index contributed by atoms with van der Waals surface area (Å²) < 4.78 is 0. The molecule has 2 bridgehead atoms. The summed E-state index contributed by atoms with van der Waals surface area (Å²) in [5.74, 6) is 0.987. The molecule has 2 saturated heterocycles. The quantitative estimate of drug-likeness (QED) is 0.691. The molecular weight excluding hydrogens is 368 g/mol. The molecule has 2 aliphatic heterocycles. The number of piperidine rings is 1. The monoisotopic (exact) mass is 402 g/mol. The van der Waals surface area contributed by atoms with E-state index in [1.165, 1.54) is 42.4 Å². The molecule has 2 atom stereocenters. The Morgan fingerprint density at radius 2 is 1.53 bits per heavy atom. The van der Waals surface area contributed by atoms with Gasteiger partial charge in [-0.3, -0.25) is 9.69 Å². The molecule has 0 saturated carbocycles. The molecule has 1 amide bonds. The van der Waals surface area contributed by atoms with Crippen molar-refractivity contribution in [3.05, 3.63) is 71.3 Å². The number of rotatable bonds is 6. The Labute approximate surface area is 181 Å². The van der Waals surface area contributed by atoms with Gasteiger partial charge in [-0.1, -0.05) is 61.5 Å². The van der Waals surface area contributed by atoms with Gasteiger partial charge in [0.1, 0.15) is 0 Å². The topological polar surface area (TPSA) is 23.6 Å². The predicted octanol–water partition coefficient (Wildman–Crippen LogP) is 4.84. The second-order valence-electron chi connectivity index (χ2n) is 9.61. The van der Waals surface area contributed by atoms with E-state index in [0.29, 0.717) is 36.4 Å². The maximum Gasteiger partial charge on any atom is 0.222 e. The minimum atomic E-state index is 0.340. The van der Waals surface area contributed by atoms with E-state index in [4.69, 9.17) is 0 Å². The molecule has 0 spiro atoms. The number of amides is 1. The zero-order chi connectivity index (χ0) is 20.5. The highest BCUT2D eigenvalue weighted by Crippen LogP contribution is 2.40. The van der Waals surface area contributed by atoms with E-state index < -0.39 is 0 Å². The van der Waals surface area contributed by atoms with E-state index >= 15 is 0 Å². The number of nitrogens with zero attached hydrogens (tertiary/aromatic N) is 2. The Balaban J connectivity index is 1.25. The highest BCUT2D eigenvalue weighted by Gasteiger charge is 2.42. The highest BCUT2D eigenvalue weighted by atomic mass is 16.2. The van der Waals surface area contributed by atoms with Gasteiger partial charge in [-0.05, 0) is 61.1 Å². The van der Waals surface area contributed by atoms with Crippen molar-refractivity contribution in [2.24, 2.45) is 5.92 Å². The van der Waals surface area contributed by atoms with Crippen molar-refractivity contribution in [2.75, 3.05) is 6.54 Å². The van der Waals surface area contributed by atoms with Gasteiger partial charge in [-0.15, -0.1) is 0 Å². The van der Waals surface area contributed by atoms with Crippen LogP contribution in [-0.4, -0.2) is 40.4 Å². The van der Waals surface area contributed by atoms with Crippen molar-refractivity contribution in [1.29, 1.82) is 0 Å². The molecule has 0 aromatic heterocycles. The van der Waals surface area contributed by atoms with Crippen molar-refractivity contribution >= 4 is 5.91 Å². The van der Waals surface area contributed by atoms with Crippen LogP contribution in [0.1, 0.15) is 55.7 Å². The van der Waals surface area contributed by atoms with Crippen LogP contribution < -0.4 is 0 Å². The molecule has 1 aliphatic carbocycles. The summed E-state index contributed by atoms with van der Waals surface area (Å²) in [7, 11) is 0. The summed E-state index contributed by atoms with van der Waals surface area (Å²) in [6, 6.07) is 21.4. The number of benzene rings is 2. The third-order valence-electron chi connectivity index (χ3n) is 7.74. The Hall–Kier alpha value is -2.13. The summed E-state index contributed by atoms with van der Waals surface area (Å²) in [4.78, 5) is 17.9. The van der Waals surface area contributed by atoms with Crippen LogP contribution in [0.2, 0.25) is 0 Å². The summed E-state index contributed by atoms with van der Waals surface area (Å²) in [6.07, 6.45) is 7.82. The maximum absolute atomic E-state index is 12.9. The molecule has 2 fully saturated rings. The zero-order valence-electron chi connectivity index (χ0n) is 18.2. The number of hydrogen-bond donors (Lipinski definition) is 0. The lowest BCUT2D eigenvalue weighted by Gasteiger charge is -2.41. The molecule has 2 unspecified atom stereocenters. The van der Waals surface area contributed by atoms with E-state index in [1.54, 1.807) is 0 Å². The van der Waals surface area contributed by atoms with Gasteiger partial charge >= 0.3 is 0 Å². The number of carbonyl (C=O) groups excluding carboxylic acids is 1. The lowest BCUT2D eigenvalue weighted by Crippen LogP contribution is -2.48. The average Bonchev–Trinajstić information content (AvgIpc) is 3.29. The van der Waals surface area contributed by atoms with Gasteiger partial charge in [0.05, 0.1) is 0 Å². The molecule has 158 valence electrons. The Morgan fingerprint density at radius 1 is 0.933 bits per heavy atom. The largest absolute Gasteiger partial charge is 0.339 e. The van der Waals surface area contributed by atoms with Gasteiger partial charge in [-0.2, -0.15) is 0 Å². The van der Waals surface area contributed by atoms with E-state index in [-0.39, 0.29) is 0 Å². The predicted molar refractivity (Wildman–Crippen MR) is 121 cm³/mol. The van der Waals surface area contributed by atoms with Crippen molar-refractivity contribution in [3.63, 3.8) is 0 Å². The van der Waals surface area contributed by atoms with Gasteiger partial charge < -0.3 is 4.90 Å². The minimum Gasteiger partial charge on any atom is -0.339 e. The minimum absolute atomic E-state index is 0.340. The molecule has 0 radical (unpaired) electrons. The molecule has 0 N–H and O–H groups in total. The molecule has 2 aromatic carbocycles. The first kappa shape index (κ1) is 19.8. The number of hydrogen-bond acceptors (Lipinski definition) is 2. The zero-order valence-corrected chi connectivity index (χ0v) is 18.2. The third kappa shape index (κ3) is 3.92. The lowest BCUT2D eigenvalue weighted by atomic mass is 9.89. The Kier molecular flexibility index (Phi) is 5.64. The van der Waals surface area contributed by atoms with Crippen molar-refractivity contribution in [2.45, 2.75) is 76.5 Å². The van der Waals surface area contributed by atoms with E-state index in [2.05, 4.69) is 64.4 Å². The van der Waals surface area contributed by atoms with Crippen LogP contribution >= 0.6 is 0 Å². The van der Waals surface area contributed by atoms with Crippen LogP contribution in [0.5, 0.6) is 0 Å². The second-order valence-corrected chi connectivity index (χ2v) is 9.61. The van der Waals surface area contributed by atoms with Gasteiger partial charge in [0.25, 0.3) is 0 Å². The van der Waals surface area contributed by atoms with Crippen LogP contribution in [0.4, 0.5) is 0 Å². The normalized spacial score (nSPS) is 26.0. The van der Waals surface area contributed by atoms with Crippen LogP contribution in [0, 0.1) is 5.92 Å². The Morgan fingerprint density at radius 3 is 2.13 bits per heavy atom. The standard InChI is InChI=1S/C27H34N2O/c1-2-27(30)29(26-16-22-10-6-7-11-23(22)17-26)19-21-14-24-12-13-25(15-21)28(24)18-20-8-4-3-5-9-20/h3-11,21,24-26H,2,12-19H2,1H3. The average molecular weight is 403 g/mol. The summed E-state index contributed by atoms with van der Waals surface area (Å²) in [5, 5.41) is 0. The molecule has 3 nitrogen and oxygen atoms in total. The molecule has 30 heavy (non-hydrogen) atoms. The van der Waals surface area contributed by atoms with Gasteiger partial charge in [0, 0.05) is 37.6 Å². The van der Waals surface area contributed by atoms with Crippen molar-refractivity contribution in [1.82, 2.24) is 9.80 Å². The number of fused-ring (bicyclic) bond motifs is 3. The Bertz CT molecular complexity index is 840. The van der Waals surface area contributed by atoms with Crippen LogP contribution in [-0.2, 0) is 24.2 Å². The fraction of sp³-hybridized carbons (Fsp3) is 0.519. The first-order valence-electron chi connectivity index (χ1n) is 11.9. The van der Waals surface area contributed by atoms with Crippen LogP contribution in [0.25, 0.3) is 0 Å². The SMILES string of the molecule is CCC(=O)N(CC1CC2CCC(C1)N2Cc1ccccc1)C1Cc2ccccc2C1.